The van der Waals surface area contributed by atoms with E-state index >= 15 is 0 Å². The average Bonchev–Trinajstić information content (AvgIpc) is 3.05. The van der Waals surface area contributed by atoms with Crippen molar-refractivity contribution in [3.05, 3.63) is 45.9 Å². The van der Waals surface area contributed by atoms with Gasteiger partial charge in [0.25, 0.3) is 0 Å². The first-order valence-electron chi connectivity index (χ1n) is 8.71. The molecule has 5 nitrogen and oxygen atoms in total. The van der Waals surface area contributed by atoms with Gasteiger partial charge in [-0.1, -0.05) is 12.1 Å². The molecule has 2 aromatic rings. The van der Waals surface area contributed by atoms with Gasteiger partial charge >= 0.3 is 0 Å². The molecule has 1 aliphatic rings. The number of aromatic nitrogens is 1. The molecule has 3 rings (SSSR count). The molecule has 0 spiro atoms. The van der Waals surface area contributed by atoms with Crippen LogP contribution in [0.15, 0.2) is 34.7 Å². The number of nitrogens with zero attached hydrogens (tertiary/aromatic N) is 3. The van der Waals surface area contributed by atoms with E-state index in [1.54, 1.807) is 11.3 Å². The van der Waals surface area contributed by atoms with Crippen LogP contribution < -0.4 is 10.3 Å². The second kappa shape index (κ2) is 8.25. The van der Waals surface area contributed by atoms with E-state index in [0.717, 1.165) is 35.1 Å². The van der Waals surface area contributed by atoms with Gasteiger partial charge in [-0.25, -0.2) is 10.4 Å². The van der Waals surface area contributed by atoms with Gasteiger partial charge in [0.1, 0.15) is 0 Å². The van der Waals surface area contributed by atoms with Gasteiger partial charge in [0.15, 0.2) is 0 Å². The summed E-state index contributed by atoms with van der Waals surface area (Å²) in [6.07, 6.45) is 4.13. The highest BCUT2D eigenvalue weighted by Gasteiger charge is 2.11. The average molecular weight is 356 g/mol. The molecule has 25 heavy (non-hydrogen) atoms. The number of carbonyl (C=O) groups excluding carboxylic acids is 1. The molecule has 1 fully saturated rings. The Labute approximate surface area is 152 Å². The van der Waals surface area contributed by atoms with Gasteiger partial charge in [0.2, 0.25) is 5.91 Å². The number of piperidine rings is 1. The molecule has 1 aliphatic heterocycles. The Kier molecular flexibility index (Phi) is 5.81. The minimum atomic E-state index is -0.144. The van der Waals surface area contributed by atoms with E-state index in [1.807, 2.05) is 19.2 Å². The van der Waals surface area contributed by atoms with E-state index in [9.17, 15) is 4.79 Å². The third-order valence-electron chi connectivity index (χ3n) is 4.36. The highest BCUT2D eigenvalue weighted by molar-refractivity contribution is 7.09. The standard InChI is InChI=1S/C19H24N4OS/c1-14(21-22-19(24)12-17-13-25-15(2)20-17)16-6-8-18(9-7-16)23-10-4-3-5-11-23/h6-9,13H,3-5,10-12H2,1-2H3,(H,22,24)/b21-14-. The zero-order valence-corrected chi connectivity index (χ0v) is 15.6. The molecule has 0 unspecified atom stereocenters. The number of rotatable bonds is 5. The minimum absolute atomic E-state index is 0.144. The smallest absolute Gasteiger partial charge is 0.246 e. The van der Waals surface area contributed by atoms with Crippen molar-refractivity contribution in [2.75, 3.05) is 18.0 Å². The molecular weight excluding hydrogens is 332 g/mol. The van der Waals surface area contributed by atoms with Crippen LogP contribution in [0.3, 0.4) is 0 Å². The van der Waals surface area contributed by atoms with Crippen LogP contribution >= 0.6 is 11.3 Å². The zero-order chi connectivity index (χ0) is 17.6. The summed E-state index contributed by atoms with van der Waals surface area (Å²) in [5, 5.41) is 7.09. The zero-order valence-electron chi connectivity index (χ0n) is 14.8. The van der Waals surface area contributed by atoms with Gasteiger partial charge < -0.3 is 4.90 Å². The molecule has 0 aliphatic carbocycles. The topological polar surface area (TPSA) is 57.6 Å². The molecule has 0 radical (unpaired) electrons. The van der Waals surface area contributed by atoms with Crippen molar-refractivity contribution in [2.45, 2.75) is 39.5 Å². The number of nitrogens with one attached hydrogen (secondary N) is 1. The molecular formula is C19H24N4OS. The van der Waals surface area contributed by atoms with Crippen molar-refractivity contribution in [1.29, 1.82) is 0 Å². The third-order valence-corrected chi connectivity index (χ3v) is 5.19. The number of hydrogen-bond acceptors (Lipinski definition) is 5. The molecule has 1 aromatic carbocycles. The number of amides is 1. The van der Waals surface area contributed by atoms with Crippen molar-refractivity contribution < 1.29 is 4.79 Å². The van der Waals surface area contributed by atoms with E-state index in [2.05, 4.69) is 44.7 Å². The first kappa shape index (κ1) is 17.6. The van der Waals surface area contributed by atoms with Crippen molar-refractivity contribution in [1.82, 2.24) is 10.4 Å². The molecule has 1 N–H and O–H groups in total. The van der Waals surface area contributed by atoms with Crippen LogP contribution in [0.25, 0.3) is 0 Å². The summed E-state index contributed by atoms with van der Waals surface area (Å²) in [5.41, 5.74) is 6.49. The lowest BCUT2D eigenvalue weighted by molar-refractivity contribution is -0.120. The molecule has 2 heterocycles. The Balaban J connectivity index is 1.56. The molecule has 1 aromatic heterocycles. The number of carbonyl (C=O) groups is 1. The van der Waals surface area contributed by atoms with Crippen molar-refractivity contribution in [2.24, 2.45) is 5.10 Å². The maximum atomic E-state index is 12.0. The molecule has 6 heteroatoms. The number of hydrazone groups is 1. The van der Waals surface area contributed by atoms with Crippen molar-refractivity contribution in [3.8, 4) is 0 Å². The lowest BCUT2D eigenvalue weighted by Gasteiger charge is -2.28. The van der Waals surface area contributed by atoms with Gasteiger partial charge in [0.05, 0.1) is 22.8 Å². The predicted molar refractivity (Wildman–Crippen MR) is 103 cm³/mol. The van der Waals surface area contributed by atoms with Gasteiger partial charge in [-0.2, -0.15) is 5.10 Å². The molecule has 0 bridgehead atoms. The van der Waals surface area contributed by atoms with Crippen LogP contribution in [0, 0.1) is 6.92 Å². The normalized spacial score (nSPS) is 15.3. The third kappa shape index (κ3) is 4.89. The number of aryl methyl sites for hydroxylation is 1. The summed E-state index contributed by atoms with van der Waals surface area (Å²) in [4.78, 5) is 18.7. The number of hydrogen-bond donors (Lipinski definition) is 1. The fourth-order valence-corrected chi connectivity index (χ4v) is 3.58. The van der Waals surface area contributed by atoms with E-state index in [0.29, 0.717) is 0 Å². The maximum absolute atomic E-state index is 12.0. The Morgan fingerprint density at radius 2 is 1.96 bits per heavy atom. The van der Waals surface area contributed by atoms with Gasteiger partial charge in [-0.15, -0.1) is 11.3 Å². The van der Waals surface area contributed by atoms with E-state index in [-0.39, 0.29) is 12.3 Å². The van der Waals surface area contributed by atoms with Gasteiger partial charge in [-0.05, 0) is 50.8 Å². The van der Waals surface area contributed by atoms with E-state index < -0.39 is 0 Å². The summed E-state index contributed by atoms with van der Waals surface area (Å²) in [6.45, 7) is 6.11. The van der Waals surface area contributed by atoms with Crippen molar-refractivity contribution >= 4 is 28.6 Å². The van der Waals surface area contributed by atoms with Crippen LogP contribution in [0.2, 0.25) is 0 Å². The summed E-state index contributed by atoms with van der Waals surface area (Å²) in [5.74, 6) is -0.144. The van der Waals surface area contributed by atoms with Gasteiger partial charge in [-0.3, -0.25) is 4.79 Å². The SMILES string of the molecule is C/C(=N/NC(=O)Cc1csc(C)n1)c1ccc(N2CCCCC2)cc1. The lowest BCUT2D eigenvalue weighted by Crippen LogP contribution is -2.29. The Bertz CT molecular complexity index is 745. The highest BCUT2D eigenvalue weighted by Crippen LogP contribution is 2.20. The Hall–Kier alpha value is -2.21. The predicted octanol–water partition coefficient (Wildman–Crippen LogP) is 3.52. The second-order valence-corrected chi connectivity index (χ2v) is 7.42. The Morgan fingerprint density at radius 3 is 2.60 bits per heavy atom. The maximum Gasteiger partial charge on any atom is 0.246 e. The quantitative estimate of drug-likeness (QED) is 0.659. The van der Waals surface area contributed by atoms with Crippen molar-refractivity contribution in [3.63, 3.8) is 0 Å². The largest absolute Gasteiger partial charge is 0.372 e. The van der Waals surface area contributed by atoms with E-state index in [4.69, 9.17) is 0 Å². The Morgan fingerprint density at radius 1 is 1.24 bits per heavy atom. The number of anilines is 1. The summed E-state index contributed by atoms with van der Waals surface area (Å²) < 4.78 is 0. The molecule has 1 saturated heterocycles. The molecule has 0 atom stereocenters. The fourth-order valence-electron chi connectivity index (χ4n) is 2.97. The molecule has 0 saturated carbocycles. The summed E-state index contributed by atoms with van der Waals surface area (Å²) in [7, 11) is 0. The van der Waals surface area contributed by atoms with E-state index in [1.165, 1.54) is 24.9 Å². The van der Waals surface area contributed by atoms with Gasteiger partial charge in [0, 0.05) is 24.2 Å². The van der Waals surface area contributed by atoms with Crippen LogP contribution in [0.4, 0.5) is 5.69 Å². The highest BCUT2D eigenvalue weighted by atomic mass is 32.1. The van der Waals surface area contributed by atoms with Crippen LogP contribution in [0.5, 0.6) is 0 Å². The fraction of sp³-hybridized carbons (Fsp3) is 0.421. The monoisotopic (exact) mass is 356 g/mol. The van der Waals surface area contributed by atoms with Crippen LogP contribution in [-0.4, -0.2) is 29.7 Å². The summed E-state index contributed by atoms with van der Waals surface area (Å²) >= 11 is 1.55. The van der Waals surface area contributed by atoms with Crippen LogP contribution in [0.1, 0.15) is 42.5 Å². The number of thiazole rings is 1. The lowest BCUT2D eigenvalue weighted by atomic mass is 10.1. The molecule has 132 valence electrons. The number of benzene rings is 1. The first-order chi connectivity index (χ1) is 12.1. The summed E-state index contributed by atoms with van der Waals surface area (Å²) in [6, 6.07) is 8.41. The minimum Gasteiger partial charge on any atom is -0.372 e. The van der Waals surface area contributed by atoms with Crippen LogP contribution in [-0.2, 0) is 11.2 Å². The molecule has 1 amide bonds. The first-order valence-corrected chi connectivity index (χ1v) is 9.59. The second-order valence-electron chi connectivity index (χ2n) is 6.36.